The Morgan fingerprint density at radius 2 is 1.96 bits per heavy atom. The van der Waals surface area contributed by atoms with Crippen LogP contribution in [0.15, 0.2) is 53.0 Å². The summed E-state index contributed by atoms with van der Waals surface area (Å²) in [5, 5.41) is 12.5. The van der Waals surface area contributed by atoms with Crippen molar-refractivity contribution in [3.63, 3.8) is 0 Å². The second-order valence-corrected chi connectivity index (χ2v) is 6.32. The molecule has 0 atom stereocenters. The third kappa shape index (κ3) is 3.67. The molecule has 126 valence electrons. The summed E-state index contributed by atoms with van der Waals surface area (Å²) in [5.74, 6) is 0.484. The van der Waals surface area contributed by atoms with E-state index in [1.165, 1.54) is 0 Å². The van der Waals surface area contributed by atoms with Crippen LogP contribution in [0.25, 0.3) is 10.9 Å². The third-order valence-corrected chi connectivity index (χ3v) is 4.90. The second kappa shape index (κ2) is 7.41. The van der Waals surface area contributed by atoms with Gasteiger partial charge in [0.15, 0.2) is 6.61 Å². The average molecular weight is 398 g/mol. The highest BCUT2D eigenvalue weighted by Crippen LogP contribution is 2.30. The Bertz CT molecular complexity index is 955. The molecule has 0 saturated carbocycles. The van der Waals surface area contributed by atoms with E-state index in [9.17, 15) is 4.79 Å². The van der Waals surface area contributed by atoms with Crippen molar-refractivity contribution in [3.8, 4) is 11.8 Å². The van der Waals surface area contributed by atoms with Crippen molar-refractivity contribution < 1.29 is 9.53 Å². The van der Waals surface area contributed by atoms with Crippen LogP contribution in [0.3, 0.4) is 0 Å². The predicted molar refractivity (Wildman–Crippen MR) is 101 cm³/mol. The van der Waals surface area contributed by atoms with Crippen molar-refractivity contribution in [2.24, 2.45) is 0 Å². The van der Waals surface area contributed by atoms with E-state index >= 15 is 0 Å². The molecule has 0 fully saturated rings. The fourth-order valence-corrected chi connectivity index (χ4v) is 3.24. The van der Waals surface area contributed by atoms with Gasteiger partial charge in [-0.25, -0.2) is 0 Å². The maximum absolute atomic E-state index is 12.4. The average Bonchev–Trinajstić information content (AvgIpc) is 2.86. The van der Waals surface area contributed by atoms with Crippen molar-refractivity contribution in [3.05, 3.63) is 58.7 Å². The second-order valence-electron chi connectivity index (χ2n) is 5.52. The van der Waals surface area contributed by atoms with E-state index in [-0.39, 0.29) is 19.1 Å². The number of carbonyl (C=O) groups is 1. The van der Waals surface area contributed by atoms with Gasteiger partial charge in [-0.15, -0.1) is 0 Å². The van der Waals surface area contributed by atoms with Crippen molar-refractivity contribution in [1.29, 1.82) is 5.26 Å². The Labute approximate surface area is 153 Å². The molecule has 25 heavy (non-hydrogen) atoms. The van der Waals surface area contributed by atoms with E-state index in [0.717, 1.165) is 21.1 Å². The number of para-hydroxylation sites is 1. The molecule has 3 aromatic rings. The summed E-state index contributed by atoms with van der Waals surface area (Å²) in [5.41, 5.74) is 2.71. The Kier molecular flexibility index (Phi) is 5.05. The lowest BCUT2D eigenvalue weighted by molar-refractivity contribution is -0.116. The Morgan fingerprint density at radius 1 is 1.24 bits per heavy atom. The largest absolute Gasteiger partial charge is 0.479 e. The lowest BCUT2D eigenvalue weighted by Crippen LogP contribution is -2.19. The van der Waals surface area contributed by atoms with Gasteiger partial charge in [-0.05, 0) is 53.2 Å². The zero-order valence-corrected chi connectivity index (χ0v) is 15.2. The van der Waals surface area contributed by atoms with Gasteiger partial charge in [0.1, 0.15) is 18.4 Å². The number of nitriles is 1. The lowest BCUT2D eigenvalue weighted by atomic mass is 10.2. The summed E-state index contributed by atoms with van der Waals surface area (Å²) < 4.78 is 8.19. The molecule has 6 heteroatoms. The summed E-state index contributed by atoms with van der Waals surface area (Å²) in [6.45, 7) is 2.21. The number of benzene rings is 2. The normalized spacial score (nSPS) is 10.4. The van der Waals surface area contributed by atoms with Gasteiger partial charge >= 0.3 is 0 Å². The SMILES string of the molecule is Cc1c(Br)c2ccccc2n1CC(=O)Nc1ccc(OCC#N)cc1. The van der Waals surface area contributed by atoms with E-state index in [1.54, 1.807) is 24.3 Å². The van der Waals surface area contributed by atoms with Gasteiger partial charge in [-0.3, -0.25) is 4.79 Å². The van der Waals surface area contributed by atoms with Crippen LogP contribution in [-0.2, 0) is 11.3 Å². The zero-order chi connectivity index (χ0) is 17.8. The first-order valence-corrected chi connectivity index (χ1v) is 8.52. The van der Waals surface area contributed by atoms with Crippen LogP contribution in [-0.4, -0.2) is 17.1 Å². The van der Waals surface area contributed by atoms with Crippen LogP contribution in [0.2, 0.25) is 0 Å². The number of fused-ring (bicyclic) bond motifs is 1. The standard InChI is InChI=1S/C19H16BrN3O2/c1-13-19(20)16-4-2-3-5-17(16)23(13)12-18(24)22-14-6-8-15(9-7-14)25-11-10-21/h2-9H,11-12H2,1H3,(H,22,24). The van der Waals surface area contributed by atoms with Crippen LogP contribution < -0.4 is 10.1 Å². The first kappa shape index (κ1) is 17.1. The number of hydrogen-bond donors (Lipinski definition) is 1. The number of rotatable bonds is 5. The number of anilines is 1. The molecule has 0 saturated heterocycles. The van der Waals surface area contributed by atoms with Crippen molar-refractivity contribution >= 4 is 38.4 Å². The highest BCUT2D eigenvalue weighted by atomic mass is 79.9. The fourth-order valence-electron chi connectivity index (χ4n) is 2.69. The molecular formula is C19H16BrN3O2. The van der Waals surface area contributed by atoms with E-state index < -0.39 is 0 Å². The van der Waals surface area contributed by atoms with Gasteiger partial charge in [0.05, 0.1) is 0 Å². The molecule has 5 nitrogen and oxygen atoms in total. The van der Waals surface area contributed by atoms with Gasteiger partial charge in [-0.1, -0.05) is 18.2 Å². The van der Waals surface area contributed by atoms with Gasteiger partial charge < -0.3 is 14.6 Å². The van der Waals surface area contributed by atoms with Crippen LogP contribution in [0.5, 0.6) is 5.75 Å². The zero-order valence-electron chi connectivity index (χ0n) is 13.6. The molecule has 0 aliphatic carbocycles. The number of nitrogens with one attached hydrogen (secondary N) is 1. The van der Waals surface area contributed by atoms with Crippen LogP contribution in [0.4, 0.5) is 5.69 Å². The third-order valence-electron chi connectivity index (χ3n) is 3.90. The van der Waals surface area contributed by atoms with E-state index in [1.807, 2.05) is 41.8 Å². The molecule has 1 aromatic heterocycles. The van der Waals surface area contributed by atoms with Crippen LogP contribution in [0, 0.1) is 18.3 Å². The summed E-state index contributed by atoms with van der Waals surface area (Å²) in [7, 11) is 0. The molecule has 0 radical (unpaired) electrons. The molecule has 0 unspecified atom stereocenters. The highest BCUT2D eigenvalue weighted by Gasteiger charge is 2.14. The quantitative estimate of drug-likeness (QED) is 0.699. The molecular weight excluding hydrogens is 382 g/mol. The summed E-state index contributed by atoms with van der Waals surface area (Å²) in [6.07, 6.45) is 0. The van der Waals surface area contributed by atoms with Gasteiger partial charge in [0.2, 0.25) is 5.91 Å². The first-order valence-electron chi connectivity index (χ1n) is 7.73. The maximum Gasteiger partial charge on any atom is 0.244 e. The number of amides is 1. The first-order chi connectivity index (χ1) is 12.1. The number of aromatic nitrogens is 1. The molecule has 0 aliphatic rings. The fraction of sp³-hybridized carbons (Fsp3) is 0.158. The molecule has 3 rings (SSSR count). The maximum atomic E-state index is 12.4. The predicted octanol–water partition coefficient (Wildman–Crippen LogP) is 4.25. The number of nitrogens with zero attached hydrogens (tertiary/aromatic N) is 2. The number of ether oxygens (including phenoxy) is 1. The Balaban J connectivity index is 1.73. The Morgan fingerprint density at radius 3 is 2.68 bits per heavy atom. The number of halogens is 1. The monoisotopic (exact) mass is 397 g/mol. The molecule has 1 amide bonds. The van der Waals surface area contributed by atoms with Crippen molar-refractivity contribution in [2.75, 3.05) is 11.9 Å². The molecule has 1 N–H and O–H groups in total. The topological polar surface area (TPSA) is 67.1 Å². The van der Waals surface area contributed by atoms with Gasteiger partial charge in [0.25, 0.3) is 0 Å². The summed E-state index contributed by atoms with van der Waals surface area (Å²) in [6, 6.07) is 16.8. The van der Waals surface area contributed by atoms with Crippen molar-refractivity contribution in [2.45, 2.75) is 13.5 Å². The number of carbonyl (C=O) groups excluding carboxylic acids is 1. The smallest absolute Gasteiger partial charge is 0.244 e. The molecule has 0 spiro atoms. The number of hydrogen-bond acceptors (Lipinski definition) is 3. The summed E-state index contributed by atoms with van der Waals surface area (Å²) in [4.78, 5) is 12.4. The molecule has 2 aromatic carbocycles. The van der Waals surface area contributed by atoms with Gasteiger partial charge in [0, 0.05) is 26.8 Å². The molecule has 0 bridgehead atoms. The Hall–Kier alpha value is -2.78. The van der Waals surface area contributed by atoms with E-state index in [4.69, 9.17) is 10.00 Å². The minimum absolute atomic E-state index is 0.000560. The van der Waals surface area contributed by atoms with E-state index in [0.29, 0.717) is 11.4 Å². The molecule has 1 heterocycles. The van der Waals surface area contributed by atoms with Crippen molar-refractivity contribution in [1.82, 2.24) is 4.57 Å². The lowest BCUT2D eigenvalue weighted by Gasteiger charge is -2.10. The minimum atomic E-state index is -0.109. The highest BCUT2D eigenvalue weighted by molar-refractivity contribution is 9.10. The molecule has 0 aliphatic heterocycles. The van der Waals surface area contributed by atoms with Crippen LogP contribution >= 0.6 is 15.9 Å². The van der Waals surface area contributed by atoms with Gasteiger partial charge in [-0.2, -0.15) is 5.26 Å². The van der Waals surface area contributed by atoms with E-state index in [2.05, 4.69) is 21.2 Å². The minimum Gasteiger partial charge on any atom is -0.479 e. The van der Waals surface area contributed by atoms with Crippen LogP contribution in [0.1, 0.15) is 5.69 Å². The summed E-state index contributed by atoms with van der Waals surface area (Å²) >= 11 is 3.60.